The molecule has 2 heterocycles. The smallest absolute Gasteiger partial charge is 0.257 e. The van der Waals surface area contributed by atoms with Crippen molar-refractivity contribution in [1.82, 2.24) is 14.7 Å². The first-order chi connectivity index (χ1) is 10.2. The van der Waals surface area contributed by atoms with Gasteiger partial charge in [0.15, 0.2) is 18.0 Å². The molecule has 0 saturated carbocycles. The lowest BCUT2D eigenvalue weighted by Gasteiger charge is -2.08. The predicted octanol–water partition coefficient (Wildman–Crippen LogP) is 1.05. The fourth-order valence-electron chi connectivity index (χ4n) is 2.21. The van der Waals surface area contributed by atoms with Gasteiger partial charge in [0.2, 0.25) is 0 Å². The molecule has 0 spiro atoms. The number of imidazole rings is 1. The van der Waals surface area contributed by atoms with Gasteiger partial charge in [0.05, 0.1) is 5.69 Å². The molecule has 2 aromatic heterocycles. The number of nitrogens with two attached hydrogens (primary N) is 1. The van der Waals surface area contributed by atoms with E-state index < -0.39 is 0 Å². The monoisotopic (exact) mass is 290 g/mol. The number of carbonyl (C=O) groups is 1. The Balaban J connectivity index is 2.17. The highest BCUT2D eigenvalue weighted by Gasteiger charge is 2.12. The molecule has 0 fully saturated rings. The molecule has 2 rings (SSSR count). The minimum Gasteiger partial charge on any atom is -0.480 e. The van der Waals surface area contributed by atoms with Gasteiger partial charge in [-0.2, -0.15) is 0 Å². The van der Waals surface area contributed by atoms with Gasteiger partial charge in [0, 0.05) is 24.9 Å². The first-order valence-corrected chi connectivity index (χ1v) is 7.23. The van der Waals surface area contributed by atoms with Gasteiger partial charge in [-0.15, -0.1) is 0 Å². The molecule has 0 aliphatic heterocycles. The topological polar surface area (TPSA) is 81.6 Å². The minimum absolute atomic E-state index is 0.00218. The lowest BCUT2D eigenvalue weighted by Crippen LogP contribution is -2.29. The molecule has 0 bridgehead atoms. The maximum Gasteiger partial charge on any atom is 0.257 e. The Bertz CT molecular complexity index is 621. The summed E-state index contributed by atoms with van der Waals surface area (Å²) in [6.07, 6.45) is 3.60. The molecule has 3 N–H and O–H groups in total. The zero-order valence-corrected chi connectivity index (χ0v) is 12.6. The maximum atomic E-state index is 11.6. The summed E-state index contributed by atoms with van der Waals surface area (Å²) in [4.78, 5) is 16.1. The molecule has 0 atom stereocenters. The average molecular weight is 290 g/mol. The highest BCUT2D eigenvalue weighted by molar-refractivity contribution is 5.77. The second-order valence-electron chi connectivity index (χ2n) is 4.89. The summed E-state index contributed by atoms with van der Waals surface area (Å²) < 4.78 is 7.57. The van der Waals surface area contributed by atoms with Crippen LogP contribution in [0.25, 0.3) is 5.65 Å². The molecular formula is C15H22N4O2. The Kier molecular flexibility index (Phi) is 5.16. The number of aromatic nitrogens is 2. The number of ether oxygens (including phenoxy) is 1. The van der Waals surface area contributed by atoms with Crippen molar-refractivity contribution in [2.75, 3.05) is 19.7 Å². The van der Waals surface area contributed by atoms with Gasteiger partial charge in [-0.05, 0) is 32.0 Å². The van der Waals surface area contributed by atoms with Crippen LogP contribution in [0.2, 0.25) is 0 Å². The summed E-state index contributed by atoms with van der Waals surface area (Å²) in [7, 11) is 0. The van der Waals surface area contributed by atoms with Gasteiger partial charge in [-0.25, -0.2) is 4.98 Å². The van der Waals surface area contributed by atoms with Crippen LogP contribution in [0.1, 0.15) is 24.7 Å². The van der Waals surface area contributed by atoms with Gasteiger partial charge in [0.1, 0.15) is 0 Å². The molecular weight excluding hydrogens is 268 g/mol. The summed E-state index contributed by atoms with van der Waals surface area (Å²) in [6, 6.07) is 3.70. The van der Waals surface area contributed by atoms with Crippen LogP contribution in [0.3, 0.4) is 0 Å². The Morgan fingerprint density at radius 2 is 2.33 bits per heavy atom. The second kappa shape index (κ2) is 7.08. The molecule has 21 heavy (non-hydrogen) atoms. The van der Waals surface area contributed by atoms with Crippen LogP contribution in [0.4, 0.5) is 0 Å². The zero-order chi connectivity index (χ0) is 15.2. The minimum atomic E-state index is -0.121. The number of hydrogen-bond acceptors (Lipinski definition) is 4. The van der Waals surface area contributed by atoms with Crippen molar-refractivity contribution in [1.29, 1.82) is 0 Å². The summed E-state index contributed by atoms with van der Waals surface area (Å²) in [6.45, 7) is 5.19. The lowest BCUT2D eigenvalue weighted by atomic mass is 10.2. The van der Waals surface area contributed by atoms with Crippen LogP contribution < -0.4 is 15.8 Å². The van der Waals surface area contributed by atoms with E-state index in [0.29, 0.717) is 18.8 Å². The lowest BCUT2D eigenvalue weighted by molar-refractivity contribution is -0.123. The van der Waals surface area contributed by atoms with E-state index >= 15 is 0 Å². The molecule has 114 valence electrons. The van der Waals surface area contributed by atoms with Crippen LogP contribution >= 0.6 is 0 Å². The van der Waals surface area contributed by atoms with Crippen molar-refractivity contribution in [3.05, 3.63) is 29.7 Å². The van der Waals surface area contributed by atoms with Crippen molar-refractivity contribution in [2.24, 2.45) is 5.73 Å². The van der Waals surface area contributed by atoms with E-state index in [1.54, 1.807) is 0 Å². The predicted molar refractivity (Wildman–Crippen MR) is 81.5 cm³/mol. The van der Waals surface area contributed by atoms with E-state index in [4.69, 9.17) is 10.5 Å². The van der Waals surface area contributed by atoms with Crippen LogP contribution in [0.15, 0.2) is 18.3 Å². The summed E-state index contributed by atoms with van der Waals surface area (Å²) in [5.74, 6) is 0.486. The first-order valence-electron chi connectivity index (χ1n) is 7.23. The average Bonchev–Trinajstić information content (AvgIpc) is 2.80. The van der Waals surface area contributed by atoms with Crippen molar-refractivity contribution < 1.29 is 9.53 Å². The first kappa shape index (κ1) is 15.3. The van der Waals surface area contributed by atoms with E-state index in [0.717, 1.165) is 29.9 Å². The third kappa shape index (κ3) is 3.52. The third-order valence-electron chi connectivity index (χ3n) is 3.23. The van der Waals surface area contributed by atoms with Crippen molar-refractivity contribution in [3.63, 3.8) is 0 Å². The van der Waals surface area contributed by atoms with Crippen LogP contribution in [-0.2, 0) is 11.2 Å². The number of nitrogens with one attached hydrogen (secondary N) is 1. The van der Waals surface area contributed by atoms with Gasteiger partial charge >= 0.3 is 0 Å². The number of rotatable bonds is 7. The molecule has 2 aromatic rings. The van der Waals surface area contributed by atoms with Gasteiger partial charge in [-0.3, -0.25) is 4.79 Å². The number of amides is 1. The van der Waals surface area contributed by atoms with Crippen molar-refractivity contribution >= 4 is 11.6 Å². The molecule has 0 aliphatic rings. The number of pyridine rings is 1. The van der Waals surface area contributed by atoms with Crippen LogP contribution in [0.5, 0.6) is 5.75 Å². The number of carbonyl (C=O) groups excluding carboxylic acids is 1. The van der Waals surface area contributed by atoms with Crippen molar-refractivity contribution in [3.8, 4) is 5.75 Å². The van der Waals surface area contributed by atoms with Gasteiger partial charge in [-0.1, -0.05) is 6.92 Å². The third-order valence-corrected chi connectivity index (χ3v) is 3.23. The summed E-state index contributed by atoms with van der Waals surface area (Å²) in [5, 5.41) is 2.78. The van der Waals surface area contributed by atoms with E-state index in [1.807, 2.05) is 36.6 Å². The van der Waals surface area contributed by atoms with Crippen molar-refractivity contribution in [2.45, 2.75) is 26.7 Å². The van der Waals surface area contributed by atoms with E-state index in [1.165, 1.54) is 0 Å². The molecule has 1 amide bonds. The quantitative estimate of drug-likeness (QED) is 0.798. The highest BCUT2D eigenvalue weighted by atomic mass is 16.5. The van der Waals surface area contributed by atoms with E-state index in [-0.39, 0.29) is 12.5 Å². The Morgan fingerprint density at radius 1 is 1.52 bits per heavy atom. The zero-order valence-electron chi connectivity index (χ0n) is 12.6. The fraction of sp³-hybridized carbons (Fsp3) is 0.467. The Morgan fingerprint density at radius 3 is 3.05 bits per heavy atom. The molecule has 0 aromatic carbocycles. The standard InChI is InChI=1S/C15H22N4O2/c1-3-8-17-14(20)10-21-13-5-4-9-19-12(6-7-16)11(2)18-15(13)19/h4-5,9H,3,6-8,10,16H2,1-2H3,(H,17,20). The summed E-state index contributed by atoms with van der Waals surface area (Å²) in [5.41, 5.74) is 8.38. The Labute approximate surface area is 124 Å². The molecule has 6 nitrogen and oxygen atoms in total. The number of fused-ring (bicyclic) bond motifs is 1. The molecule has 0 unspecified atom stereocenters. The number of hydrogen-bond donors (Lipinski definition) is 2. The molecule has 0 saturated heterocycles. The van der Waals surface area contributed by atoms with Crippen LogP contribution in [-0.4, -0.2) is 35.0 Å². The molecule has 0 aliphatic carbocycles. The van der Waals surface area contributed by atoms with E-state index in [2.05, 4.69) is 10.3 Å². The van der Waals surface area contributed by atoms with Gasteiger partial charge in [0.25, 0.3) is 5.91 Å². The summed E-state index contributed by atoms with van der Waals surface area (Å²) >= 11 is 0. The largest absolute Gasteiger partial charge is 0.480 e. The number of aryl methyl sites for hydroxylation is 1. The van der Waals surface area contributed by atoms with Crippen LogP contribution in [0, 0.1) is 6.92 Å². The molecule has 0 radical (unpaired) electrons. The maximum absolute atomic E-state index is 11.6. The second-order valence-corrected chi connectivity index (χ2v) is 4.89. The highest BCUT2D eigenvalue weighted by Crippen LogP contribution is 2.22. The normalized spacial score (nSPS) is 10.8. The SMILES string of the molecule is CCCNC(=O)COc1cccn2c(CCN)c(C)nc12. The van der Waals surface area contributed by atoms with Gasteiger partial charge < -0.3 is 20.2 Å². The molecule has 6 heteroatoms. The Hall–Kier alpha value is -2.08. The fourth-order valence-corrected chi connectivity index (χ4v) is 2.21. The number of nitrogens with zero attached hydrogens (tertiary/aromatic N) is 2. The van der Waals surface area contributed by atoms with E-state index in [9.17, 15) is 4.79 Å².